The highest BCUT2D eigenvalue weighted by Gasteiger charge is 2.40. The number of aromatic nitrogens is 2. The van der Waals surface area contributed by atoms with Gasteiger partial charge in [-0.1, -0.05) is 30.3 Å². The Morgan fingerprint density at radius 1 is 1.17 bits per heavy atom. The number of hydrogen-bond donors (Lipinski definition) is 0. The van der Waals surface area contributed by atoms with Crippen LogP contribution in [0.15, 0.2) is 53.3 Å². The Morgan fingerprint density at radius 3 is 2.69 bits per heavy atom. The molecule has 5 rings (SSSR count). The maximum atomic E-state index is 12.9. The molecule has 2 bridgehead atoms. The number of carbonyl (C=O) groups is 1. The standard InChI is InChI=1S/C23H26N4O2/c1-25(2)23(28)21-20-12-18-8-9-19(26(18)13-16-10-11-29-15-16)14-27(20)22(24-21)17-6-4-3-5-7-17/h3-7,10-11,15,18-19H,8-9,12-14H2,1-2H3/t18-,19+/m0/s1. The largest absolute Gasteiger partial charge is 0.472 e. The molecule has 29 heavy (non-hydrogen) atoms. The quantitative estimate of drug-likeness (QED) is 0.685. The number of fused-ring (bicyclic) bond motifs is 3. The third-order valence-corrected chi connectivity index (χ3v) is 6.25. The first-order valence-corrected chi connectivity index (χ1v) is 10.2. The Kier molecular flexibility index (Phi) is 4.51. The lowest BCUT2D eigenvalue weighted by Crippen LogP contribution is -2.36. The normalized spacial score (nSPS) is 21.0. The molecule has 0 unspecified atom stereocenters. The van der Waals surface area contributed by atoms with E-state index in [4.69, 9.17) is 9.40 Å². The molecule has 1 amide bonds. The van der Waals surface area contributed by atoms with E-state index >= 15 is 0 Å². The van der Waals surface area contributed by atoms with E-state index in [-0.39, 0.29) is 5.91 Å². The fraction of sp³-hybridized carbons (Fsp3) is 0.391. The highest BCUT2D eigenvalue weighted by Crippen LogP contribution is 2.36. The van der Waals surface area contributed by atoms with Crippen LogP contribution in [0.5, 0.6) is 0 Å². The number of hydrogen-bond acceptors (Lipinski definition) is 4. The summed E-state index contributed by atoms with van der Waals surface area (Å²) in [7, 11) is 3.59. The molecular weight excluding hydrogens is 364 g/mol. The molecule has 0 spiro atoms. The third kappa shape index (κ3) is 3.17. The molecular formula is C23H26N4O2. The Balaban J connectivity index is 1.57. The van der Waals surface area contributed by atoms with Gasteiger partial charge in [0.15, 0.2) is 0 Å². The topological polar surface area (TPSA) is 54.5 Å². The van der Waals surface area contributed by atoms with Crippen LogP contribution < -0.4 is 0 Å². The number of nitrogens with zero attached hydrogens (tertiary/aromatic N) is 4. The van der Waals surface area contributed by atoms with Gasteiger partial charge in [-0.15, -0.1) is 0 Å². The van der Waals surface area contributed by atoms with E-state index < -0.39 is 0 Å². The first kappa shape index (κ1) is 18.2. The summed E-state index contributed by atoms with van der Waals surface area (Å²) >= 11 is 0. The molecule has 150 valence electrons. The molecule has 0 saturated carbocycles. The first-order valence-electron chi connectivity index (χ1n) is 10.2. The molecule has 1 fully saturated rings. The first-order chi connectivity index (χ1) is 14.1. The molecule has 1 saturated heterocycles. The number of imidazole rings is 1. The van der Waals surface area contributed by atoms with Gasteiger partial charge >= 0.3 is 0 Å². The van der Waals surface area contributed by atoms with Gasteiger partial charge in [0.05, 0.1) is 18.2 Å². The van der Waals surface area contributed by atoms with Crippen molar-refractivity contribution in [1.29, 1.82) is 0 Å². The van der Waals surface area contributed by atoms with Crippen LogP contribution in [0.4, 0.5) is 0 Å². The fourth-order valence-electron chi connectivity index (χ4n) is 4.80. The average Bonchev–Trinajstić information content (AvgIpc) is 3.41. The van der Waals surface area contributed by atoms with Gasteiger partial charge in [-0.3, -0.25) is 9.69 Å². The van der Waals surface area contributed by atoms with Gasteiger partial charge in [0.25, 0.3) is 5.91 Å². The van der Waals surface area contributed by atoms with Crippen LogP contribution in [0.25, 0.3) is 11.4 Å². The SMILES string of the molecule is CN(C)C(=O)c1nc(-c2ccccc2)n2c1C[C@@H]1CC[C@H](C2)N1Cc1ccoc1. The zero-order chi connectivity index (χ0) is 20.0. The molecule has 0 radical (unpaired) electrons. The van der Waals surface area contributed by atoms with Gasteiger partial charge in [-0.25, -0.2) is 4.98 Å². The lowest BCUT2D eigenvalue weighted by Gasteiger charge is -2.27. The van der Waals surface area contributed by atoms with Crippen molar-refractivity contribution in [3.8, 4) is 11.4 Å². The lowest BCUT2D eigenvalue weighted by molar-refractivity contribution is 0.0821. The van der Waals surface area contributed by atoms with Crippen molar-refractivity contribution in [1.82, 2.24) is 19.4 Å². The number of benzene rings is 1. The maximum absolute atomic E-state index is 12.9. The second-order valence-electron chi connectivity index (χ2n) is 8.30. The van der Waals surface area contributed by atoms with Crippen LogP contribution in [0.3, 0.4) is 0 Å². The summed E-state index contributed by atoms with van der Waals surface area (Å²) in [4.78, 5) is 22.0. The summed E-state index contributed by atoms with van der Waals surface area (Å²) in [5.41, 5.74) is 3.95. The Hall–Kier alpha value is -2.86. The molecule has 2 aliphatic rings. The summed E-state index contributed by atoms with van der Waals surface area (Å²) in [6.45, 7) is 1.75. The zero-order valence-electron chi connectivity index (χ0n) is 16.9. The number of furan rings is 1. The predicted molar refractivity (Wildman–Crippen MR) is 110 cm³/mol. The number of rotatable bonds is 4. The van der Waals surface area contributed by atoms with Gasteiger partial charge in [-0.05, 0) is 18.9 Å². The average molecular weight is 390 g/mol. The van der Waals surface area contributed by atoms with Gasteiger partial charge in [0.1, 0.15) is 11.5 Å². The zero-order valence-corrected chi connectivity index (χ0v) is 16.9. The molecule has 1 aromatic carbocycles. The molecule has 2 atom stereocenters. The van der Waals surface area contributed by atoms with Crippen LogP contribution in [-0.4, -0.2) is 51.4 Å². The fourth-order valence-corrected chi connectivity index (χ4v) is 4.80. The second kappa shape index (κ2) is 7.19. The minimum atomic E-state index is -0.0184. The van der Waals surface area contributed by atoms with E-state index in [1.165, 1.54) is 12.0 Å². The van der Waals surface area contributed by atoms with Gasteiger partial charge in [0, 0.05) is 56.8 Å². The predicted octanol–water partition coefficient (Wildman–Crippen LogP) is 3.43. The van der Waals surface area contributed by atoms with Crippen LogP contribution in [0.2, 0.25) is 0 Å². The van der Waals surface area contributed by atoms with E-state index in [1.807, 2.05) is 30.5 Å². The summed E-state index contributed by atoms with van der Waals surface area (Å²) in [6, 6.07) is 13.1. The molecule has 3 aromatic rings. The van der Waals surface area contributed by atoms with Crippen LogP contribution >= 0.6 is 0 Å². The Bertz CT molecular complexity index is 1010. The van der Waals surface area contributed by atoms with Gasteiger partial charge in [0.2, 0.25) is 0 Å². The molecule has 4 heterocycles. The van der Waals surface area contributed by atoms with Crippen molar-refractivity contribution < 1.29 is 9.21 Å². The number of carbonyl (C=O) groups excluding carboxylic acids is 1. The molecule has 2 aliphatic heterocycles. The van der Waals surface area contributed by atoms with Crippen molar-refractivity contribution in [2.75, 3.05) is 14.1 Å². The van der Waals surface area contributed by atoms with E-state index in [9.17, 15) is 4.79 Å². The maximum Gasteiger partial charge on any atom is 0.273 e. The summed E-state index contributed by atoms with van der Waals surface area (Å²) < 4.78 is 7.59. The Labute approximate surface area is 170 Å². The van der Waals surface area contributed by atoms with Crippen molar-refractivity contribution in [2.45, 2.75) is 44.4 Å². The Morgan fingerprint density at radius 2 is 1.97 bits per heavy atom. The summed E-state index contributed by atoms with van der Waals surface area (Å²) in [6.07, 6.45) is 6.75. The smallest absolute Gasteiger partial charge is 0.273 e. The van der Waals surface area contributed by atoms with Crippen molar-refractivity contribution in [3.63, 3.8) is 0 Å². The number of amides is 1. The van der Waals surface area contributed by atoms with E-state index in [0.29, 0.717) is 17.8 Å². The van der Waals surface area contributed by atoms with Crippen molar-refractivity contribution in [3.05, 3.63) is 65.9 Å². The summed E-state index contributed by atoms with van der Waals surface area (Å²) in [5, 5.41) is 0. The minimum absolute atomic E-state index is 0.0184. The lowest BCUT2D eigenvalue weighted by atomic mass is 10.0. The van der Waals surface area contributed by atoms with Crippen LogP contribution in [0.1, 0.15) is 34.6 Å². The summed E-state index contributed by atoms with van der Waals surface area (Å²) in [5.74, 6) is 0.886. The highest BCUT2D eigenvalue weighted by atomic mass is 16.3. The molecule has 6 heteroatoms. The van der Waals surface area contributed by atoms with Crippen LogP contribution in [0, 0.1) is 0 Å². The van der Waals surface area contributed by atoms with Gasteiger partial charge in [-0.2, -0.15) is 0 Å². The minimum Gasteiger partial charge on any atom is -0.472 e. The second-order valence-corrected chi connectivity index (χ2v) is 8.30. The van der Waals surface area contributed by atoms with Crippen molar-refractivity contribution in [2.24, 2.45) is 0 Å². The van der Waals surface area contributed by atoms with Crippen LogP contribution in [-0.2, 0) is 19.5 Å². The van der Waals surface area contributed by atoms with E-state index in [0.717, 1.165) is 43.0 Å². The molecule has 0 aliphatic carbocycles. The van der Waals surface area contributed by atoms with Crippen molar-refractivity contribution >= 4 is 5.91 Å². The third-order valence-electron chi connectivity index (χ3n) is 6.25. The van der Waals surface area contributed by atoms with Gasteiger partial charge < -0.3 is 13.9 Å². The highest BCUT2D eigenvalue weighted by molar-refractivity contribution is 5.94. The van der Waals surface area contributed by atoms with E-state index in [2.05, 4.69) is 21.6 Å². The van der Waals surface area contributed by atoms with E-state index in [1.54, 1.807) is 25.3 Å². The molecule has 2 aromatic heterocycles. The monoisotopic (exact) mass is 390 g/mol. The molecule has 6 nitrogen and oxygen atoms in total. The molecule has 0 N–H and O–H groups in total.